The molecule has 0 radical (unpaired) electrons. The van der Waals surface area contributed by atoms with Gasteiger partial charge >= 0.3 is 0 Å². The number of aryl methyl sites for hydroxylation is 1. The molecule has 0 saturated carbocycles. The summed E-state index contributed by atoms with van der Waals surface area (Å²) in [5.74, 6) is -0.0879. The monoisotopic (exact) mass is 456 g/mol. The summed E-state index contributed by atoms with van der Waals surface area (Å²) >= 11 is 6.50. The first-order chi connectivity index (χ1) is 15.9. The molecule has 1 N–H and O–H groups in total. The van der Waals surface area contributed by atoms with E-state index in [0.717, 1.165) is 33.8 Å². The summed E-state index contributed by atoms with van der Waals surface area (Å²) in [6, 6.07) is 23.1. The van der Waals surface area contributed by atoms with Crippen LogP contribution in [0.3, 0.4) is 0 Å². The lowest BCUT2D eigenvalue weighted by Crippen LogP contribution is -2.37. The highest BCUT2D eigenvalue weighted by Gasteiger charge is 2.41. The zero-order valence-corrected chi connectivity index (χ0v) is 19.4. The lowest BCUT2D eigenvalue weighted by molar-refractivity contribution is -0.117. The number of halogens is 1. The van der Waals surface area contributed by atoms with Crippen LogP contribution in [0.5, 0.6) is 0 Å². The predicted octanol–water partition coefficient (Wildman–Crippen LogP) is 6.57. The van der Waals surface area contributed by atoms with Crippen molar-refractivity contribution >= 4 is 34.7 Å². The van der Waals surface area contributed by atoms with Crippen molar-refractivity contribution in [2.75, 3.05) is 10.2 Å². The summed E-state index contributed by atoms with van der Waals surface area (Å²) in [5.41, 5.74) is 6.14. The maximum Gasteiger partial charge on any atom is 0.224 e. The number of nitrogens with zero attached hydrogens (tertiary/aromatic N) is 1. The van der Waals surface area contributed by atoms with Gasteiger partial charge in [-0.3, -0.25) is 14.5 Å². The summed E-state index contributed by atoms with van der Waals surface area (Å²) in [6.45, 7) is 3.59. The topological polar surface area (TPSA) is 49.4 Å². The minimum absolute atomic E-state index is 0.0211. The molecule has 1 heterocycles. The second-order valence-corrected chi connectivity index (χ2v) is 9.19. The Morgan fingerprint density at radius 3 is 2.39 bits per heavy atom. The first-order valence-electron chi connectivity index (χ1n) is 11.2. The lowest BCUT2D eigenvalue weighted by Gasteiger charge is -2.34. The number of hydrogen-bond acceptors (Lipinski definition) is 3. The number of fused-ring (bicyclic) bond motifs is 1. The molecule has 33 heavy (non-hydrogen) atoms. The molecular formula is C28H25ClN2O2. The highest BCUT2D eigenvalue weighted by Crippen LogP contribution is 2.47. The van der Waals surface area contributed by atoms with Crippen LogP contribution in [0.1, 0.15) is 48.4 Å². The number of rotatable bonds is 2. The van der Waals surface area contributed by atoms with Crippen LogP contribution in [-0.2, 0) is 9.59 Å². The van der Waals surface area contributed by atoms with E-state index in [1.54, 1.807) is 11.8 Å². The second kappa shape index (κ2) is 8.53. The molecule has 166 valence electrons. The van der Waals surface area contributed by atoms with E-state index >= 15 is 0 Å². The van der Waals surface area contributed by atoms with E-state index in [0.29, 0.717) is 23.4 Å². The molecule has 0 saturated heterocycles. The van der Waals surface area contributed by atoms with Gasteiger partial charge in [0.1, 0.15) is 0 Å². The van der Waals surface area contributed by atoms with Gasteiger partial charge in [-0.15, -0.1) is 0 Å². The number of benzene rings is 3. The zero-order valence-electron chi connectivity index (χ0n) is 18.6. The van der Waals surface area contributed by atoms with Gasteiger partial charge in [0.2, 0.25) is 5.91 Å². The van der Waals surface area contributed by atoms with E-state index in [1.165, 1.54) is 0 Å². The summed E-state index contributed by atoms with van der Waals surface area (Å²) in [4.78, 5) is 28.5. The van der Waals surface area contributed by atoms with Gasteiger partial charge in [0, 0.05) is 29.6 Å². The molecular weight excluding hydrogens is 432 g/mol. The number of nitrogens with one attached hydrogen (secondary N) is 1. The number of carbonyl (C=O) groups excluding carboxylic acids is 2. The van der Waals surface area contributed by atoms with Crippen LogP contribution in [0.25, 0.3) is 0 Å². The molecule has 2 aliphatic rings. The number of para-hydroxylation sites is 2. The summed E-state index contributed by atoms with van der Waals surface area (Å²) in [5, 5.41) is 4.20. The van der Waals surface area contributed by atoms with Crippen molar-refractivity contribution in [2.45, 2.75) is 38.6 Å². The van der Waals surface area contributed by atoms with Crippen LogP contribution in [0.15, 0.2) is 84.1 Å². The maximum absolute atomic E-state index is 13.8. The second-order valence-electron chi connectivity index (χ2n) is 8.79. The first-order valence-corrected chi connectivity index (χ1v) is 11.5. The number of carbonyl (C=O) groups is 2. The van der Waals surface area contributed by atoms with E-state index in [2.05, 4.69) is 5.32 Å². The fourth-order valence-electron chi connectivity index (χ4n) is 5.03. The molecule has 0 unspecified atom stereocenters. The van der Waals surface area contributed by atoms with E-state index < -0.39 is 6.04 Å². The van der Waals surface area contributed by atoms with Gasteiger partial charge in [0.15, 0.2) is 5.78 Å². The molecule has 3 aromatic rings. The van der Waals surface area contributed by atoms with E-state index in [4.69, 9.17) is 11.6 Å². The number of allylic oxidation sites excluding steroid dienone is 1. The highest BCUT2D eigenvalue weighted by atomic mass is 35.5. The Hall–Kier alpha value is -3.37. The van der Waals surface area contributed by atoms with Gasteiger partial charge < -0.3 is 5.32 Å². The first kappa shape index (κ1) is 21.5. The molecule has 3 aromatic carbocycles. The Bertz CT molecular complexity index is 1280. The van der Waals surface area contributed by atoms with Gasteiger partial charge in [-0.25, -0.2) is 0 Å². The van der Waals surface area contributed by atoms with Gasteiger partial charge in [-0.2, -0.15) is 0 Å². The average Bonchev–Trinajstić information content (AvgIpc) is 2.94. The molecule has 0 aromatic heterocycles. The number of hydrogen-bond donors (Lipinski definition) is 1. The van der Waals surface area contributed by atoms with Crippen LogP contribution in [0.4, 0.5) is 11.4 Å². The zero-order chi connectivity index (χ0) is 23.1. The number of amides is 1. The lowest BCUT2D eigenvalue weighted by atomic mass is 9.78. The van der Waals surface area contributed by atoms with Crippen LogP contribution in [-0.4, -0.2) is 11.7 Å². The maximum atomic E-state index is 13.8. The molecule has 5 heteroatoms. The van der Waals surface area contributed by atoms with Crippen molar-refractivity contribution < 1.29 is 9.59 Å². The minimum atomic E-state index is -0.492. The Morgan fingerprint density at radius 1 is 0.970 bits per heavy atom. The Morgan fingerprint density at radius 2 is 1.67 bits per heavy atom. The standard InChI is InChI=1S/C28H25ClN2O2/c1-17-11-13-19(14-12-17)28-27-24(30-23-9-5-6-10-25(23)31(28)18(2)32)15-20(16-26(27)33)21-7-3-4-8-22(21)29/h3-14,20,28,30H,15-16H2,1-2H3/t20-,28+/m0/s1. The number of anilines is 2. The van der Waals surface area contributed by atoms with E-state index in [1.807, 2.05) is 79.7 Å². The fourth-order valence-corrected chi connectivity index (χ4v) is 5.32. The Kier molecular flexibility index (Phi) is 5.55. The van der Waals surface area contributed by atoms with Crippen molar-refractivity contribution in [1.29, 1.82) is 0 Å². The summed E-state index contributed by atoms with van der Waals surface area (Å²) in [6.07, 6.45) is 1.00. The smallest absolute Gasteiger partial charge is 0.224 e. The third-order valence-electron chi connectivity index (χ3n) is 6.57. The quantitative estimate of drug-likeness (QED) is 0.474. The molecule has 0 fully saturated rings. The molecule has 1 aliphatic heterocycles. The molecule has 1 aliphatic carbocycles. The van der Waals surface area contributed by atoms with Crippen molar-refractivity contribution in [3.8, 4) is 0 Å². The Labute approximate surface area is 198 Å². The van der Waals surface area contributed by atoms with Gasteiger partial charge in [0.25, 0.3) is 0 Å². The van der Waals surface area contributed by atoms with Gasteiger partial charge in [-0.05, 0) is 48.6 Å². The largest absolute Gasteiger partial charge is 0.357 e. The van der Waals surface area contributed by atoms with Crippen LogP contribution in [0, 0.1) is 6.92 Å². The van der Waals surface area contributed by atoms with Gasteiger partial charge in [0.05, 0.1) is 17.4 Å². The van der Waals surface area contributed by atoms with Crippen molar-refractivity contribution in [3.63, 3.8) is 0 Å². The van der Waals surface area contributed by atoms with Crippen LogP contribution in [0.2, 0.25) is 5.02 Å². The number of Topliss-reactive ketones (excluding diaryl/α,β-unsaturated/α-hetero) is 1. The molecule has 4 nitrogen and oxygen atoms in total. The van der Waals surface area contributed by atoms with Gasteiger partial charge in [-0.1, -0.05) is 71.8 Å². The predicted molar refractivity (Wildman–Crippen MR) is 133 cm³/mol. The molecule has 2 atom stereocenters. The van der Waals surface area contributed by atoms with Crippen molar-refractivity contribution in [1.82, 2.24) is 0 Å². The van der Waals surface area contributed by atoms with Crippen LogP contribution < -0.4 is 10.2 Å². The Balaban J connectivity index is 1.71. The van der Waals surface area contributed by atoms with Crippen molar-refractivity contribution in [3.05, 3.63) is 106 Å². The van der Waals surface area contributed by atoms with E-state index in [-0.39, 0.29) is 17.6 Å². The fraction of sp³-hybridized carbons (Fsp3) is 0.214. The van der Waals surface area contributed by atoms with Crippen molar-refractivity contribution in [2.24, 2.45) is 0 Å². The molecule has 0 spiro atoms. The average molecular weight is 457 g/mol. The highest BCUT2D eigenvalue weighted by molar-refractivity contribution is 6.31. The molecule has 1 amide bonds. The SMILES string of the molecule is CC(=O)N1c2ccccc2NC2=C(C(=O)C[C@@H](c3ccccc3Cl)C2)[C@H]1c1ccc(C)cc1. The third kappa shape index (κ3) is 3.85. The number of ketones is 1. The third-order valence-corrected chi connectivity index (χ3v) is 6.91. The normalized spacial score (nSPS) is 20.0. The summed E-state index contributed by atoms with van der Waals surface area (Å²) < 4.78 is 0. The van der Waals surface area contributed by atoms with E-state index in [9.17, 15) is 9.59 Å². The molecule has 5 rings (SSSR count). The minimum Gasteiger partial charge on any atom is -0.357 e. The van der Waals surface area contributed by atoms with Crippen LogP contribution >= 0.6 is 11.6 Å². The molecule has 0 bridgehead atoms. The summed E-state index contributed by atoms with van der Waals surface area (Å²) in [7, 11) is 0.